The Hall–Kier alpha value is -1.26. The van der Waals surface area contributed by atoms with E-state index in [4.69, 9.17) is 15.2 Å². The van der Waals surface area contributed by atoms with Crippen molar-refractivity contribution in [3.63, 3.8) is 0 Å². The minimum Gasteiger partial charge on any atom is -0.486 e. The molecule has 0 aromatic heterocycles. The van der Waals surface area contributed by atoms with Gasteiger partial charge in [0.1, 0.15) is 13.2 Å². The number of benzene rings is 1. The molecule has 0 bridgehead atoms. The maximum absolute atomic E-state index is 5.99. The molecule has 104 valence electrons. The van der Waals surface area contributed by atoms with Gasteiger partial charge in [-0.05, 0) is 36.6 Å². The molecule has 3 rings (SSSR count). The minimum absolute atomic E-state index is 0.292. The molecule has 0 aliphatic carbocycles. The SMILES string of the molecule is CC1CCN(C(CN)c2ccc3c(c2)OCCO3)C1. The summed E-state index contributed by atoms with van der Waals surface area (Å²) >= 11 is 0. The van der Waals surface area contributed by atoms with Crippen LogP contribution >= 0.6 is 0 Å². The van der Waals surface area contributed by atoms with E-state index >= 15 is 0 Å². The quantitative estimate of drug-likeness (QED) is 0.902. The molecule has 1 fully saturated rings. The van der Waals surface area contributed by atoms with Gasteiger partial charge in [0, 0.05) is 19.1 Å². The average Bonchev–Trinajstić information content (AvgIpc) is 2.86. The summed E-state index contributed by atoms with van der Waals surface area (Å²) in [7, 11) is 0. The minimum atomic E-state index is 0.292. The van der Waals surface area contributed by atoms with Gasteiger partial charge in [0.05, 0.1) is 0 Å². The number of fused-ring (bicyclic) bond motifs is 1. The summed E-state index contributed by atoms with van der Waals surface area (Å²) in [6, 6.07) is 6.51. The molecule has 1 saturated heterocycles. The highest BCUT2D eigenvalue weighted by molar-refractivity contribution is 5.44. The predicted molar refractivity (Wildman–Crippen MR) is 74.6 cm³/mol. The van der Waals surface area contributed by atoms with Crippen molar-refractivity contribution in [3.8, 4) is 11.5 Å². The van der Waals surface area contributed by atoms with E-state index in [1.807, 2.05) is 6.07 Å². The zero-order valence-electron chi connectivity index (χ0n) is 11.5. The van der Waals surface area contributed by atoms with Gasteiger partial charge in [0.15, 0.2) is 11.5 Å². The fourth-order valence-electron chi connectivity index (χ4n) is 3.02. The van der Waals surface area contributed by atoms with Crippen molar-refractivity contribution in [2.75, 3.05) is 32.8 Å². The molecule has 0 radical (unpaired) electrons. The largest absolute Gasteiger partial charge is 0.486 e. The van der Waals surface area contributed by atoms with E-state index in [1.54, 1.807) is 0 Å². The van der Waals surface area contributed by atoms with Gasteiger partial charge in [-0.25, -0.2) is 0 Å². The zero-order valence-corrected chi connectivity index (χ0v) is 11.5. The van der Waals surface area contributed by atoms with Crippen LogP contribution in [0.2, 0.25) is 0 Å². The number of ether oxygens (including phenoxy) is 2. The highest BCUT2D eigenvalue weighted by Crippen LogP contribution is 2.35. The van der Waals surface area contributed by atoms with Crippen molar-refractivity contribution < 1.29 is 9.47 Å². The second kappa shape index (κ2) is 5.39. The first kappa shape index (κ1) is 12.8. The summed E-state index contributed by atoms with van der Waals surface area (Å²) < 4.78 is 11.2. The van der Waals surface area contributed by atoms with Gasteiger partial charge in [0.25, 0.3) is 0 Å². The standard InChI is InChI=1S/C15H22N2O2/c1-11-4-5-17(10-11)13(9-16)12-2-3-14-15(8-12)19-7-6-18-14/h2-3,8,11,13H,4-7,9-10,16H2,1H3. The first-order valence-corrected chi connectivity index (χ1v) is 7.11. The lowest BCUT2D eigenvalue weighted by molar-refractivity contribution is 0.170. The molecule has 0 spiro atoms. The van der Waals surface area contributed by atoms with E-state index in [2.05, 4.69) is 24.0 Å². The lowest BCUT2D eigenvalue weighted by Gasteiger charge is -2.28. The molecule has 0 amide bonds. The molecule has 2 heterocycles. The lowest BCUT2D eigenvalue weighted by Crippen LogP contribution is -2.32. The van der Waals surface area contributed by atoms with Crippen LogP contribution in [0.1, 0.15) is 24.9 Å². The molecule has 2 aliphatic heterocycles. The Morgan fingerprint density at radius 3 is 2.79 bits per heavy atom. The summed E-state index contributed by atoms with van der Waals surface area (Å²) in [6.07, 6.45) is 1.26. The molecule has 4 heteroatoms. The lowest BCUT2D eigenvalue weighted by atomic mass is 10.0. The van der Waals surface area contributed by atoms with Crippen LogP contribution in [0, 0.1) is 5.92 Å². The Labute approximate surface area is 114 Å². The maximum atomic E-state index is 5.99. The number of nitrogens with zero attached hydrogens (tertiary/aromatic N) is 1. The number of nitrogens with two attached hydrogens (primary N) is 1. The summed E-state index contributed by atoms with van der Waals surface area (Å²) in [5.74, 6) is 2.47. The van der Waals surface area contributed by atoms with Crippen LogP contribution in [-0.4, -0.2) is 37.7 Å². The van der Waals surface area contributed by atoms with Crippen molar-refractivity contribution in [2.45, 2.75) is 19.4 Å². The van der Waals surface area contributed by atoms with Crippen LogP contribution in [0.25, 0.3) is 0 Å². The van der Waals surface area contributed by atoms with Gasteiger partial charge in [-0.2, -0.15) is 0 Å². The summed E-state index contributed by atoms with van der Waals surface area (Å²) in [5.41, 5.74) is 7.23. The van der Waals surface area contributed by atoms with E-state index in [1.165, 1.54) is 12.0 Å². The molecule has 2 aliphatic rings. The second-order valence-electron chi connectivity index (χ2n) is 5.54. The average molecular weight is 262 g/mol. The summed E-state index contributed by atoms with van der Waals surface area (Å²) in [4.78, 5) is 2.48. The molecule has 19 heavy (non-hydrogen) atoms. The van der Waals surface area contributed by atoms with Crippen molar-refractivity contribution in [1.29, 1.82) is 0 Å². The fourth-order valence-corrected chi connectivity index (χ4v) is 3.02. The fraction of sp³-hybridized carbons (Fsp3) is 0.600. The van der Waals surface area contributed by atoms with Crippen LogP contribution < -0.4 is 15.2 Å². The molecule has 2 N–H and O–H groups in total. The van der Waals surface area contributed by atoms with Gasteiger partial charge in [-0.15, -0.1) is 0 Å². The number of likely N-dealkylation sites (tertiary alicyclic amines) is 1. The molecule has 2 unspecified atom stereocenters. The van der Waals surface area contributed by atoms with E-state index in [9.17, 15) is 0 Å². The third kappa shape index (κ3) is 2.55. The Kier molecular flexibility index (Phi) is 3.62. The molecule has 1 aromatic carbocycles. The van der Waals surface area contributed by atoms with E-state index in [0.29, 0.717) is 25.8 Å². The zero-order chi connectivity index (χ0) is 13.2. The van der Waals surface area contributed by atoms with Crippen LogP contribution in [0.4, 0.5) is 0 Å². The number of rotatable bonds is 3. The Morgan fingerprint density at radius 1 is 1.32 bits per heavy atom. The van der Waals surface area contributed by atoms with Gasteiger partial charge < -0.3 is 15.2 Å². The van der Waals surface area contributed by atoms with Crippen LogP contribution in [0.15, 0.2) is 18.2 Å². The van der Waals surface area contributed by atoms with Crippen molar-refractivity contribution in [3.05, 3.63) is 23.8 Å². The summed E-state index contributed by atoms with van der Waals surface area (Å²) in [5, 5.41) is 0. The summed E-state index contributed by atoms with van der Waals surface area (Å²) in [6.45, 7) is 6.48. The van der Waals surface area contributed by atoms with E-state index in [-0.39, 0.29) is 0 Å². The van der Waals surface area contributed by atoms with Gasteiger partial charge in [-0.1, -0.05) is 13.0 Å². The Bertz CT molecular complexity index is 450. The first-order chi connectivity index (χ1) is 9.28. The van der Waals surface area contributed by atoms with Crippen molar-refractivity contribution >= 4 is 0 Å². The molecule has 4 nitrogen and oxygen atoms in total. The molecule has 2 atom stereocenters. The van der Waals surface area contributed by atoms with Gasteiger partial charge >= 0.3 is 0 Å². The van der Waals surface area contributed by atoms with Gasteiger partial charge in [-0.3, -0.25) is 4.90 Å². The topological polar surface area (TPSA) is 47.7 Å². The molecule has 0 saturated carbocycles. The van der Waals surface area contributed by atoms with Crippen molar-refractivity contribution in [1.82, 2.24) is 4.90 Å². The Balaban J connectivity index is 1.83. The van der Waals surface area contributed by atoms with Crippen LogP contribution in [0.5, 0.6) is 11.5 Å². The predicted octanol–water partition coefficient (Wildman–Crippen LogP) is 1.80. The number of hydrogen-bond acceptors (Lipinski definition) is 4. The van der Waals surface area contributed by atoms with E-state index < -0.39 is 0 Å². The normalized spacial score (nSPS) is 24.4. The number of hydrogen-bond donors (Lipinski definition) is 1. The maximum Gasteiger partial charge on any atom is 0.161 e. The van der Waals surface area contributed by atoms with Crippen LogP contribution in [0.3, 0.4) is 0 Å². The Morgan fingerprint density at radius 2 is 2.11 bits per heavy atom. The van der Waals surface area contributed by atoms with E-state index in [0.717, 1.165) is 30.5 Å². The smallest absolute Gasteiger partial charge is 0.161 e. The molecular formula is C15H22N2O2. The van der Waals surface area contributed by atoms with Crippen LogP contribution in [-0.2, 0) is 0 Å². The first-order valence-electron chi connectivity index (χ1n) is 7.11. The molecule has 1 aromatic rings. The highest BCUT2D eigenvalue weighted by Gasteiger charge is 2.27. The third-order valence-corrected chi connectivity index (χ3v) is 4.07. The third-order valence-electron chi connectivity index (χ3n) is 4.07. The van der Waals surface area contributed by atoms with Gasteiger partial charge in [0.2, 0.25) is 0 Å². The monoisotopic (exact) mass is 262 g/mol. The highest BCUT2D eigenvalue weighted by atomic mass is 16.6. The molecular weight excluding hydrogens is 240 g/mol. The second-order valence-corrected chi connectivity index (χ2v) is 5.54. The van der Waals surface area contributed by atoms with Crippen molar-refractivity contribution in [2.24, 2.45) is 11.7 Å².